The van der Waals surface area contributed by atoms with Crippen LogP contribution in [0.15, 0.2) is 35.5 Å². The molecule has 0 saturated heterocycles. The van der Waals surface area contributed by atoms with E-state index in [1.807, 2.05) is 18.2 Å². The van der Waals surface area contributed by atoms with Gasteiger partial charge in [-0.25, -0.2) is 4.98 Å². The van der Waals surface area contributed by atoms with E-state index in [0.717, 1.165) is 21.5 Å². The molecule has 0 radical (unpaired) electrons. The van der Waals surface area contributed by atoms with Crippen molar-refractivity contribution < 1.29 is 4.74 Å². The Morgan fingerprint density at radius 1 is 1.33 bits per heavy atom. The van der Waals surface area contributed by atoms with Crippen molar-refractivity contribution in [1.29, 1.82) is 5.26 Å². The van der Waals surface area contributed by atoms with Gasteiger partial charge in [-0.1, -0.05) is 0 Å². The highest BCUT2D eigenvalue weighted by Crippen LogP contribution is 2.33. The zero-order valence-electron chi connectivity index (χ0n) is 11.2. The van der Waals surface area contributed by atoms with E-state index in [1.54, 1.807) is 19.5 Å². The monoisotopic (exact) mass is 297 g/mol. The number of methoxy groups -OCH3 is 1. The van der Waals surface area contributed by atoms with Crippen molar-refractivity contribution in [2.24, 2.45) is 0 Å². The molecule has 2 aromatic heterocycles. The fourth-order valence-electron chi connectivity index (χ4n) is 1.98. The van der Waals surface area contributed by atoms with Crippen LogP contribution in [0.25, 0.3) is 22.4 Å². The number of fused-ring (bicyclic) bond motifs is 1. The predicted octanol–water partition coefficient (Wildman–Crippen LogP) is 2.64. The average molecular weight is 297 g/mol. The van der Waals surface area contributed by atoms with Crippen LogP contribution in [0.3, 0.4) is 0 Å². The summed E-state index contributed by atoms with van der Waals surface area (Å²) in [7, 11) is 1.61. The molecule has 3 rings (SSSR count). The van der Waals surface area contributed by atoms with Gasteiger partial charge < -0.3 is 9.72 Å². The fourth-order valence-corrected chi connectivity index (χ4v) is 2.56. The minimum absolute atomic E-state index is 0.407. The number of imidazole rings is 1. The first-order chi connectivity index (χ1) is 10.3. The Bertz CT molecular complexity index is 791. The summed E-state index contributed by atoms with van der Waals surface area (Å²) >= 11 is 1.47. The van der Waals surface area contributed by atoms with E-state index in [0.29, 0.717) is 17.3 Å². The summed E-state index contributed by atoms with van der Waals surface area (Å²) in [4.78, 5) is 8.67. The highest BCUT2D eigenvalue weighted by molar-refractivity contribution is 7.99. The molecule has 0 spiro atoms. The highest BCUT2D eigenvalue weighted by atomic mass is 32.2. The normalized spacial score (nSPS) is 10.5. The number of ether oxygens (including phenoxy) is 1. The first-order valence-electron chi connectivity index (χ1n) is 6.16. The molecule has 0 aliphatic carbocycles. The van der Waals surface area contributed by atoms with Crippen molar-refractivity contribution in [3.05, 3.63) is 30.6 Å². The molecule has 1 aromatic carbocycles. The molecule has 104 valence electrons. The average Bonchev–Trinajstić information content (AvgIpc) is 2.96. The van der Waals surface area contributed by atoms with Gasteiger partial charge in [0.15, 0.2) is 0 Å². The Balaban J connectivity index is 2.03. The predicted molar refractivity (Wildman–Crippen MR) is 80.0 cm³/mol. The van der Waals surface area contributed by atoms with Crippen LogP contribution in [0.1, 0.15) is 0 Å². The van der Waals surface area contributed by atoms with E-state index >= 15 is 0 Å². The third-order valence-corrected chi connectivity index (χ3v) is 3.79. The number of aromatic amines is 1. The van der Waals surface area contributed by atoms with Crippen LogP contribution < -0.4 is 4.74 Å². The van der Waals surface area contributed by atoms with Gasteiger partial charge >= 0.3 is 0 Å². The van der Waals surface area contributed by atoms with Crippen molar-refractivity contribution in [2.45, 2.75) is 4.90 Å². The molecular weight excluding hydrogens is 286 g/mol. The standard InChI is InChI=1S/C14H11N5OS/c1-20-13-6-9(21-5-4-15)2-3-10(13)14-18-11-7-16-17-8-12(11)19-14/h2-3,6-8H,5H2,1H3,(H,18,19). The Kier molecular flexibility index (Phi) is 3.71. The lowest BCUT2D eigenvalue weighted by Crippen LogP contribution is -1.90. The lowest BCUT2D eigenvalue weighted by atomic mass is 10.2. The van der Waals surface area contributed by atoms with E-state index in [-0.39, 0.29) is 0 Å². The second-order valence-corrected chi connectivity index (χ2v) is 5.23. The molecule has 7 heteroatoms. The minimum atomic E-state index is 0.407. The number of H-pyrrole nitrogens is 1. The zero-order chi connectivity index (χ0) is 14.7. The van der Waals surface area contributed by atoms with E-state index in [1.165, 1.54) is 11.8 Å². The van der Waals surface area contributed by atoms with Gasteiger partial charge in [-0.15, -0.1) is 11.8 Å². The number of nitrogens with zero attached hydrogens (tertiary/aromatic N) is 4. The first-order valence-corrected chi connectivity index (χ1v) is 7.15. The summed E-state index contributed by atoms with van der Waals surface area (Å²) in [5.41, 5.74) is 2.44. The van der Waals surface area contributed by atoms with Crippen molar-refractivity contribution >= 4 is 22.8 Å². The molecule has 2 heterocycles. The van der Waals surface area contributed by atoms with Crippen LogP contribution in [-0.4, -0.2) is 33.0 Å². The van der Waals surface area contributed by atoms with Crippen molar-refractivity contribution in [2.75, 3.05) is 12.9 Å². The number of benzene rings is 1. The van der Waals surface area contributed by atoms with Gasteiger partial charge in [-0.3, -0.25) is 0 Å². The van der Waals surface area contributed by atoms with Crippen LogP contribution in [0, 0.1) is 11.3 Å². The summed E-state index contributed by atoms with van der Waals surface area (Å²) in [6.45, 7) is 0. The van der Waals surface area contributed by atoms with E-state index in [2.05, 4.69) is 26.2 Å². The van der Waals surface area contributed by atoms with Crippen molar-refractivity contribution in [1.82, 2.24) is 20.2 Å². The van der Waals surface area contributed by atoms with E-state index in [4.69, 9.17) is 10.00 Å². The summed E-state index contributed by atoms with van der Waals surface area (Å²) in [6, 6.07) is 7.89. The van der Waals surface area contributed by atoms with Crippen LogP contribution in [0.2, 0.25) is 0 Å². The number of thioether (sulfide) groups is 1. The molecule has 0 saturated carbocycles. The molecule has 0 unspecified atom stereocenters. The van der Waals surface area contributed by atoms with E-state index < -0.39 is 0 Å². The van der Waals surface area contributed by atoms with Gasteiger partial charge in [0, 0.05) is 4.90 Å². The fraction of sp³-hybridized carbons (Fsp3) is 0.143. The van der Waals surface area contributed by atoms with Gasteiger partial charge in [-0.05, 0) is 18.2 Å². The number of nitriles is 1. The quantitative estimate of drug-likeness (QED) is 0.745. The molecule has 0 aliphatic heterocycles. The lowest BCUT2D eigenvalue weighted by Gasteiger charge is -2.08. The molecule has 1 N–H and O–H groups in total. The Morgan fingerprint density at radius 2 is 2.19 bits per heavy atom. The zero-order valence-corrected chi connectivity index (χ0v) is 12.0. The van der Waals surface area contributed by atoms with Crippen LogP contribution in [0.5, 0.6) is 5.75 Å². The highest BCUT2D eigenvalue weighted by Gasteiger charge is 2.12. The smallest absolute Gasteiger partial charge is 0.142 e. The van der Waals surface area contributed by atoms with Crippen LogP contribution in [-0.2, 0) is 0 Å². The maximum absolute atomic E-state index is 8.64. The van der Waals surface area contributed by atoms with Gasteiger partial charge in [0.2, 0.25) is 0 Å². The summed E-state index contributed by atoms with van der Waals surface area (Å²) in [5.74, 6) is 1.82. The van der Waals surface area contributed by atoms with Gasteiger partial charge in [0.25, 0.3) is 0 Å². The Labute approximate surface area is 125 Å². The van der Waals surface area contributed by atoms with Gasteiger partial charge in [0.05, 0.1) is 42.4 Å². The maximum atomic E-state index is 8.64. The molecule has 0 fully saturated rings. The second-order valence-electron chi connectivity index (χ2n) is 4.18. The molecule has 0 bridgehead atoms. The molecule has 0 aliphatic rings. The molecule has 0 atom stereocenters. The molecule has 21 heavy (non-hydrogen) atoms. The Hall–Kier alpha value is -2.59. The van der Waals surface area contributed by atoms with E-state index in [9.17, 15) is 0 Å². The van der Waals surface area contributed by atoms with Crippen molar-refractivity contribution in [3.63, 3.8) is 0 Å². The SMILES string of the molecule is COc1cc(SCC#N)ccc1-c1nc2cnncc2[nH]1. The largest absolute Gasteiger partial charge is 0.496 e. The van der Waals surface area contributed by atoms with Crippen LogP contribution in [0.4, 0.5) is 0 Å². The Morgan fingerprint density at radius 3 is 2.95 bits per heavy atom. The lowest BCUT2D eigenvalue weighted by molar-refractivity contribution is 0.415. The summed E-state index contributed by atoms with van der Waals surface area (Å²) in [6.07, 6.45) is 3.24. The summed E-state index contributed by atoms with van der Waals surface area (Å²) < 4.78 is 5.43. The molecule has 3 aromatic rings. The number of hydrogen-bond acceptors (Lipinski definition) is 6. The second kappa shape index (κ2) is 5.81. The maximum Gasteiger partial charge on any atom is 0.142 e. The van der Waals surface area contributed by atoms with Gasteiger partial charge in [-0.2, -0.15) is 15.5 Å². The van der Waals surface area contributed by atoms with Crippen molar-refractivity contribution in [3.8, 4) is 23.2 Å². The third-order valence-electron chi connectivity index (χ3n) is 2.93. The number of rotatable bonds is 4. The molecule has 0 amide bonds. The number of aromatic nitrogens is 4. The topological polar surface area (TPSA) is 87.5 Å². The summed E-state index contributed by atoms with van der Waals surface area (Å²) in [5, 5.41) is 16.3. The third kappa shape index (κ3) is 2.66. The first kappa shape index (κ1) is 13.4. The minimum Gasteiger partial charge on any atom is -0.496 e. The molecular formula is C14H11N5OS. The number of nitrogens with one attached hydrogen (secondary N) is 1. The van der Waals surface area contributed by atoms with Crippen LogP contribution >= 0.6 is 11.8 Å². The number of hydrogen-bond donors (Lipinski definition) is 1. The molecule has 6 nitrogen and oxygen atoms in total. The van der Waals surface area contributed by atoms with Gasteiger partial charge in [0.1, 0.15) is 17.1 Å².